The number of amides is 4. The monoisotopic (exact) mass is 270 g/mol. The number of nitrogens with zero attached hydrogens (tertiary/aromatic N) is 2. The van der Waals surface area contributed by atoms with Crippen molar-refractivity contribution >= 4 is 35.0 Å². The highest BCUT2D eigenvalue weighted by Gasteiger charge is 2.31. The zero-order valence-electron chi connectivity index (χ0n) is 10.4. The normalized spacial score (nSPS) is 18.6. The molecule has 0 radical (unpaired) electrons. The van der Waals surface area contributed by atoms with Gasteiger partial charge >= 0.3 is 0 Å². The maximum Gasteiger partial charge on any atom is 0.258 e. The lowest BCUT2D eigenvalue weighted by molar-refractivity contribution is -0.122. The van der Waals surface area contributed by atoms with Crippen LogP contribution in [0.4, 0.5) is 11.4 Å². The van der Waals surface area contributed by atoms with Crippen LogP contribution in [0.5, 0.6) is 0 Å². The average molecular weight is 270 g/mol. The highest BCUT2D eigenvalue weighted by atomic mass is 16.2. The second-order valence-electron chi connectivity index (χ2n) is 4.48. The Labute approximate surface area is 114 Å². The zero-order chi connectivity index (χ0) is 14.3. The smallest absolute Gasteiger partial charge is 0.258 e. The van der Waals surface area contributed by atoms with Crippen LogP contribution in [-0.4, -0.2) is 23.6 Å². The maximum atomic E-state index is 11.6. The van der Waals surface area contributed by atoms with E-state index < -0.39 is 11.8 Å². The van der Waals surface area contributed by atoms with Crippen LogP contribution in [0.15, 0.2) is 36.4 Å². The molecule has 0 aliphatic carbocycles. The summed E-state index contributed by atoms with van der Waals surface area (Å²) in [6.07, 6.45) is 2.83. The lowest BCUT2D eigenvalue weighted by atomic mass is 10.2. The van der Waals surface area contributed by atoms with E-state index in [1.807, 2.05) is 0 Å². The van der Waals surface area contributed by atoms with Gasteiger partial charge in [0.15, 0.2) is 0 Å². The molecule has 1 saturated heterocycles. The topological polar surface area (TPSA) is 74.8 Å². The Morgan fingerprint density at radius 1 is 0.650 bits per heavy atom. The molecule has 4 amide bonds. The molecule has 0 bridgehead atoms. The number of hydrogen-bond donors (Lipinski definition) is 0. The summed E-state index contributed by atoms with van der Waals surface area (Å²) < 4.78 is 0. The van der Waals surface area contributed by atoms with Crippen molar-refractivity contribution in [3.63, 3.8) is 0 Å². The summed E-state index contributed by atoms with van der Waals surface area (Å²) in [7, 11) is 0. The number of imide groups is 2. The largest absolute Gasteiger partial charge is 0.274 e. The standard InChI is InChI=1S/C14H10N2O4/c17-11-5-6-12(18)15(11)9-1-2-10(4-3-9)16-13(19)7-8-14(16)20/h1-6H,7-8H2. The molecule has 2 aliphatic heterocycles. The van der Waals surface area contributed by atoms with Crippen molar-refractivity contribution in [1.29, 1.82) is 0 Å². The third-order valence-electron chi connectivity index (χ3n) is 3.23. The van der Waals surface area contributed by atoms with Gasteiger partial charge in [-0.2, -0.15) is 0 Å². The molecule has 2 heterocycles. The number of anilines is 2. The fourth-order valence-corrected chi connectivity index (χ4v) is 2.27. The molecule has 100 valence electrons. The molecule has 6 nitrogen and oxygen atoms in total. The number of rotatable bonds is 2. The van der Waals surface area contributed by atoms with Crippen LogP contribution in [0, 0.1) is 0 Å². The van der Waals surface area contributed by atoms with Crippen molar-refractivity contribution in [3.8, 4) is 0 Å². The molecule has 6 heteroatoms. The quantitative estimate of drug-likeness (QED) is 0.744. The SMILES string of the molecule is O=C1C=CC(=O)N1c1ccc(N2C(=O)CCC2=O)cc1. The molecule has 0 unspecified atom stereocenters. The lowest BCUT2D eigenvalue weighted by Crippen LogP contribution is -2.30. The van der Waals surface area contributed by atoms with E-state index in [9.17, 15) is 19.2 Å². The van der Waals surface area contributed by atoms with Crippen molar-refractivity contribution in [2.75, 3.05) is 9.80 Å². The molecule has 0 atom stereocenters. The molecule has 2 aliphatic rings. The third kappa shape index (κ3) is 1.82. The summed E-state index contributed by atoms with van der Waals surface area (Å²) in [5, 5.41) is 0. The highest BCUT2D eigenvalue weighted by molar-refractivity contribution is 6.28. The average Bonchev–Trinajstić information content (AvgIpc) is 2.94. The third-order valence-corrected chi connectivity index (χ3v) is 3.23. The number of benzene rings is 1. The first-order valence-corrected chi connectivity index (χ1v) is 6.10. The van der Waals surface area contributed by atoms with Crippen molar-refractivity contribution in [2.45, 2.75) is 12.8 Å². The fourth-order valence-electron chi connectivity index (χ4n) is 2.27. The molecule has 1 fully saturated rings. The minimum absolute atomic E-state index is 0.216. The number of carbonyl (C=O) groups is 4. The van der Waals surface area contributed by atoms with Gasteiger partial charge in [0.1, 0.15) is 0 Å². The van der Waals surface area contributed by atoms with Crippen molar-refractivity contribution in [3.05, 3.63) is 36.4 Å². The van der Waals surface area contributed by atoms with Gasteiger partial charge < -0.3 is 0 Å². The van der Waals surface area contributed by atoms with Crippen molar-refractivity contribution in [1.82, 2.24) is 0 Å². The summed E-state index contributed by atoms with van der Waals surface area (Å²) in [4.78, 5) is 48.4. The first-order valence-electron chi connectivity index (χ1n) is 6.10. The molecule has 20 heavy (non-hydrogen) atoms. The predicted octanol–water partition coefficient (Wildman–Crippen LogP) is 0.769. The van der Waals surface area contributed by atoms with Gasteiger partial charge in [0.25, 0.3) is 11.8 Å². The predicted molar refractivity (Wildman–Crippen MR) is 69.8 cm³/mol. The molecule has 0 spiro atoms. The minimum Gasteiger partial charge on any atom is -0.274 e. The van der Waals surface area contributed by atoms with Gasteiger partial charge in [-0.1, -0.05) is 0 Å². The van der Waals surface area contributed by atoms with E-state index in [-0.39, 0.29) is 24.7 Å². The van der Waals surface area contributed by atoms with Gasteiger partial charge in [-0.05, 0) is 24.3 Å². The van der Waals surface area contributed by atoms with E-state index in [2.05, 4.69) is 0 Å². The van der Waals surface area contributed by atoms with Crippen LogP contribution >= 0.6 is 0 Å². The summed E-state index contributed by atoms with van der Waals surface area (Å²) >= 11 is 0. The van der Waals surface area contributed by atoms with E-state index in [0.717, 1.165) is 9.80 Å². The summed E-state index contributed by atoms with van der Waals surface area (Å²) in [5.74, 6) is -1.29. The van der Waals surface area contributed by atoms with E-state index in [4.69, 9.17) is 0 Å². The fraction of sp³-hybridized carbons (Fsp3) is 0.143. The van der Waals surface area contributed by atoms with Crippen LogP contribution in [-0.2, 0) is 19.2 Å². The van der Waals surface area contributed by atoms with Crippen LogP contribution < -0.4 is 9.80 Å². The Kier molecular flexibility index (Phi) is 2.71. The van der Waals surface area contributed by atoms with Gasteiger partial charge in [-0.3, -0.25) is 24.1 Å². The summed E-state index contributed by atoms with van der Waals surface area (Å²) in [6.45, 7) is 0. The summed E-state index contributed by atoms with van der Waals surface area (Å²) in [6, 6.07) is 6.18. The van der Waals surface area contributed by atoms with E-state index in [0.29, 0.717) is 11.4 Å². The highest BCUT2D eigenvalue weighted by Crippen LogP contribution is 2.26. The Bertz CT molecular complexity index is 605. The Morgan fingerprint density at radius 2 is 1.05 bits per heavy atom. The second kappa shape index (κ2) is 4.41. The van der Waals surface area contributed by atoms with Crippen molar-refractivity contribution in [2.24, 2.45) is 0 Å². The molecular formula is C14H10N2O4. The maximum absolute atomic E-state index is 11.6. The Hall–Kier alpha value is -2.76. The summed E-state index contributed by atoms with van der Waals surface area (Å²) in [5.41, 5.74) is 0.862. The van der Waals surface area contributed by atoms with E-state index in [1.165, 1.54) is 24.3 Å². The molecular weight excluding hydrogens is 260 g/mol. The van der Waals surface area contributed by atoms with E-state index >= 15 is 0 Å². The Balaban J connectivity index is 1.89. The van der Waals surface area contributed by atoms with E-state index in [1.54, 1.807) is 12.1 Å². The van der Waals surface area contributed by atoms with Gasteiger partial charge in [-0.15, -0.1) is 0 Å². The zero-order valence-corrected chi connectivity index (χ0v) is 10.4. The number of hydrogen-bond acceptors (Lipinski definition) is 4. The molecule has 1 aromatic rings. The first-order chi connectivity index (χ1) is 9.58. The van der Waals surface area contributed by atoms with Gasteiger partial charge in [0.05, 0.1) is 11.4 Å². The molecule has 3 rings (SSSR count). The van der Waals surface area contributed by atoms with Crippen LogP contribution in [0.3, 0.4) is 0 Å². The van der Waals surface area contributed by atoms with Crippen molar-refractivity contribution < 1.29 is 19.2 Å². The van der Waals surface area contributed by atoms with Gasteiger partial charge in [0, 0.05) is 25.0 Å². The Morgan fingerprint density at radius 3 is 1.50 bits per heavy atom. The molecule has 0 saturated carbocycles. The van der Waals surface area contributed by atoms with Crippen LogP contribution in [0.2, 0.25) is 0 Å². The van der Waals surface area contributed by atoms with Crippen LogP contribution in [0.1, 0.15) is 12.8 Å². The first kappa shape index (κ1) is 12.3. The van der Waals surface area contributed by atoms with Crippen LogP contribution in [0.25, 0.3) is 0 Å². The number of carbonyl (C=O) groups excluding carboxylic acids is 4. The molecule has 1 aromatic carbocycles. The van der Waals surface area contributed by atoms with Gasteiger partial charge in [0.2, 0.25) is 11.8 Å². The van der Waals surface area contributed by atoms with Gasteiger partial charge in [-0.25, -0.2) is 4.90 Å². The molecule has 0 N–H and O–H groups in total. The molecule has 0 aromatic heterocycles. The second-order valence-corrected chi connectivity index (χ2v) is 4.48. The lowest BCUT2D eigenvalue weighted by Gasteiger charge is -2.17. The minimum atomic E-state index is -0.406.